The third-order valence-electron chi connectivity index (χ3n) is 1.53. The summed E-state index contributed by atoms with van der Waals surface area (Å²) in [6, 6.07) is 5.48. The van der Waals surface area contributed by atoms with Crippen molar-refractivity contribution in [2.45, 2.75) is 11.8 Å². The summed E-state index contributed by atoms with van der Waals surface area (Å²) < 4.78 is 40.0. The molecular weight excluding hydrogens is 259 g/mol. The van der Waals surface area contributed by atoms with Crippen molar-refractivity contribution in [3.05, 3.63) is 29.8 Å². The van der Waals surface area contributed by atoms with E-state index >= 15 is 0 Å². The summed E-state index contributed by atoms with van der Waals surface area (Å²) in [5.41, 5.74) is 0.829. The first-order valence-corrected chi connectivity index (χ1v) is 6.90. The Labute approximate surface area is 91.9 Å². The molecule has 0 atom stereocenters. The van der Waals surface area contributed by atoms with Crippen LogP contribution in [0, 0.1) is 6.92 Å². The summed E-state index contributed by atoms with van der Waals surface area (Å²) >= 11 is 0. The summed E-state index contributed by atoms with van der Waals surface area (Å²) in [6.45, 7) is 1.75. The molecule has 0 saturated carbocycles. The molecule has 1 aromatic carbocycles. The lowest BCUT2D eigenvalue weighted by Crippen LogP contribution is -2.06. The molecule has 0 spiro atoms. The van der Waals surface area contributed by atoms with E-state index in [0.29, 0.717) is 0 Å². The zero-order chi connectivity index (χ0) is 12.4. The topological polar surface area (TPSA) is 110 Å². The summed E-state index contributed by atoms with van der Waals surface area (Å²) in [5, 5.41) is 0. The fourth-order valence-electron chi connectivity index (χ4n) is 0.824. The van der Waals surface area contributed by atoms with Crippen LogP contribution in [0.25, 0.3) is 0 Å². The molecule has 0 amide bonds. The van der Waals surface area contributed by atoms with E-state index in [2.05, 4.69) is 9.01 Å². The molecule has 0 unspecified atom stereocenters. The molecule has 0 aromatic heterocycles. The molecule has 0 fully saturated rings. The molecule has 0 radical (unpaired) electrons. The molecular formula is C7H9O7PS. The summed E-state index contributed by atoms with van der Waals surface area (Å²) in [7, 11) is -9.32. The predicted octanol–water partition coefficient (Wildman–Crippen LogP) is 0.725. The van der Waals surface area contributed by atoms with E-state index in [1.165, 1.54) is 24.3 Å². The first kappa shape index (κ1) is 13.3. The molecule has 1 aromatic rings. The van der Waals surface area contributed by atoms with E-state index in [0.717, 1.165) is 5.56 Å². The Morgan fingerprint density at radius 2 is 1.69 bits per heavy atom. The number of hydrogen-bond donors (Lipinski definition) is 2. The minimum atomic E-state index is -4.99. The quantitative estimate of drug-likeness (QED) is 0.470. The molecule has 0 saturated heterocycles. The van der Waals surface area contributed by atoms with Gasteiger partial charge in [0, 0.05) is 0 Å². The van der Waals surface area contributed by atoms with E-state index in [-0.39, 0.29) is 4.90 Å². The largest absolute Gasteiger partial charge is 0.497 e. The molecule has 1 rings (SSSR count). The maximum Gasteiger partial charge on any atom is 0.497 e. The molecule has 0 aliphatic rings. The maximum atomic E-state index is 11.3. The van der Waals surface area contributed by atoms with Gasteiger partial charge in [0.15, 0.2) is 0 Å². The van der Waals surface area contributed by atoms with Crippen molar-refractivity contribution in [1.82, 2.24) is 0 Å². The van der Waals surface area contributed by atoms with Gasteiger partial charge in [-0.25, -0.2) is 4.57 Å². The summed E-state index contributed by atoms with van der Waals surface area (Å²) in [6.07, 6.45) is 0. The molecule has 7 nitrogen and oxygen atoms in total. The van der Waals surface area contributed by atoms with Gasteiger partial charge in [-0.15, -0.1) is 4.67 Å². The van der Waals surface area contributed by atoms with Crippen LogP contribution in [0.2, 0.25) is 0 Å². The lowest BCUT2D eigenvalue weighted by Gasteiger charge is -2.05. The minimum Gasteiger partial charge on any atom is -0.301 e. The van der Waals surface area contributed by atoms with Crippen molar-refractivity contribution in [3.63, 3.8) is 0 Å². The van der Waals surface area contributed by atoms with Gasteiger partial charge in [0.25, 0.3) is 0 Å². The number of phosphoric acid groups is 1. The first-order chi connectivity index (χ1) is 7.21. The van der Waals surface area contributed by atoms with E-state index < -0.39 is 17.9 Å². The normalized spacial score (nSPS) is 12.7. The fourth-order valence-corrected chi connectivity index (χ4v) is 2.01. The third-order valence-corrected chi connectivity index (χ3v) is 2.99. The Morgan fingerprint density at radius 3 is 2.12 bits per heavy atom. The molecule has 0 heterocycles. The van der Waals surface area contributed by atoms with Crippen LogP contribution in [0.1, 0.15) is 5.56 Å². The van der Waals surface area contributed by atoms with E-state index in [4.69, 9.17) is 9.79 Å². The monoisotopic (exact) mass is 268 g/mol. The zero-order valence-corrected chi connectivity index (χ0v) is 9.81. The van der Waals surface area contributed by atoms with Crippen molar-refractivity contribution in [2.24, 2.45) is 0 Å². The van der Waals surface area contributed by atoms with Crippen molar-refractivity contribution < 1.29 is 31.8 Å². The second-order valence-corrected chi connectivity index (χ2v) is 5.55. The van der Waals surface area contributed by atoms with Gasteiger partial charge in [-0.2, -0.15) is 8.42 Å². The van der Waals surface area contributed by atoms with Crippen molar-refractivity contribution in [3.8, 4) is 0 Å². The lowest BCUT2D eigenvalue weighted by molar-refractivity contribution is -0.116. The van der Waals surface area contributed by atoms with Gasteiger partial charge in [-0.1, -0.05) is 22.0 Å². The van der Waals surface area contributed by atoms with Crippen LogP contribution >= 0.6 is 7.82 Å². The Morgan fingerprint density at radius 1 is 1.19 bits per heavy atom. The predicted molar refractivity (Wildman–Crippen MR) is 52.6 cm³/mol. The molecule has 0 aliphatic carbocycles. The average Bonchev–Trinajstić information content (AvgIpc) is 2.15. The van der Waals surface area contributed by atoms with E-state index in [9.17, 15) is 13.0 Å². The number of hydrogen-bond acceptors (Lipinski definition) is 5. The van der Waals surface area contributed by atoms with Gasteiger partial charge >= 0.3 is 17.9 Å². The lowest BCUT2D eigenvalue weighted by atomic mass is 10.2. The standard InChI is InChI=1S/C7H9O7PS/c1-6-2-4-7(5-3-6)16(11,12)14-13-15(8,9)10/h2-5H,1H3,(H2,8,9,10). The van der Waals surface area contributed by atoms with E-state index in [1.54, 1.807) is 6.92 Å². The van der Waals surface area contributed by atoms with Gasteiger partial charge in [-0.05, 0) is 19.1 Å². The zero-order valence-electron chi connectivity index (χ0n) is 8.10. The molecule has 9 heteroatoms. The van der Waals surface area contributed by atoms with Crippen LogP contribution in [0.15, 0.2) is 29.2 Å². The highest BCUT2D eigenvalue weighted by Gasteiger charge is 2.23. The van der Waals surface area contributed by atoms with Gasteiger partial charge in [-0.3, -0.25) is 0 Å². The third kappa shape index (κ3) is 4.01. The SMILES string of the molecule is Cc1ccc(S(=O)(=O)OOP(=O)(O)O)cc1. The van der Waals surface area contributed by atoms with Gasteiger partial charge in [0.1, 0.15) is 0 Å². The molecule has 0 aliphatic heterocycles. The Bertz CT molecular complexity index is 500. The first-order valence-electron chi connectivity index (χ1n) is 3.96. The van der Waals surface area contributed by atoms with Crippen LogP contribution in [0.5, 0.6) is 0 Å². The van der Waals surface area contributed by atoms with Crippen LogP contribution in [-0.2, 0) is 23.7 Å². The van der Waals surface area contributed by atoms with Gasteiger partial charge < -0.3 is 9.79 Å². The molecule has 16 heavy (non-hydrogen) atoms. The number of rotatable bonds is 4. The van der Waals surface area contributed by atoms with Crippen molar-refractivity contribution >= 4 is 17.9 Å². The van der Waals surface area contributed by atoms with Crippen LogP contribution in [0.4, 0.5) is 0 Å². The molecule has 2 N–H and O–H groups in total. The van der Waals surface area contributed by atoms with Gasteiger partial charge in [0.05, 0.1) is 4.90 Å². The molecule has 0 bridgehead atoms. The summed E-state index contributed by atoms with van der Waals surface area (Å²) in [4.78, 5) is 16.3. The second-order valence-electron chi connectivity index (χ2n) is 2.90. The minimum absolute atomic E-state index is 0.258. The number of aryl methyl sites for hydroxylation is 1. The van der Waals surface area contributed by atoms with E-state index in [1.807, 2.05) is 0 Å². The summed E-state index contributed by atoms with van der Waals surface area (Å²) in [5.74, 6) is 0. The Hall–Kier alpha value is -0.760. The average molecular weight is 268 g/mol. The molecule has 90 valence electrons. The van der Waals surface area contributed by atoms with Gasteiger partial charge in [0.2, 0.25) is 0 Å². The highest BCUT2D eigenvalue weighted by atomic mass is 32.2. The van der Waals surface area contributed by atoms with Crippen molar-refractivity contribution in [1.29, 1.82) is 0 Å². The van der Waals surface area contributed by atoms with Crippen LogP contribution in [0.3, 0.4) is 0 Å². The maximum absolute atomic E-state index is 11.3. The fraction of sp³-hybridized carbons (Fsp3) is 0.143. The van der Waals surface area contributed by atoms with Crippen LogP contribution in [-0.4, -0.2) is 18.2 Å². The highest BCUT2D eigenvalue weighted by molar-refractivity contribution is 7.86. The number of benzene rings is 1. The second kappa shape index (κ2) is 4.62. The smallest absolute Gasteiger partial charge is 0.301 e. The highest BCUT2D eigenvalue weighted by Crippen LogP contribution is 2.37. The Balaban J connectivity index is 2.87. The Kier molecular flexibility index (Phi) is 3.84. The van der Waals surface area contributed by atoms with Crippen LogP contribution < -0.4 is 0 Å². The van der Waals surface area contributed by atoms with Crippen molar-refractivity contribution in [2.75, 3.05) is 0 Å².